The average Bonchev–Trinajstić information content (AvgIpc) is 3.68. The minimum absolute atomic E-state index is 0.0918. The lowest BCUT2D eigenvalue weighted by Crippen LogP contribution is -2.39. The molecule has 0 amide bonds. The predicted octanol–water partition coefficient (Wildman–Crippen LogP) is 5.71. The van der Waals surface area contributed by atoms with Gasteiger partial charge in [0.05, 0.1) is 11.6 Å². The first kappa shape index (κ1) is 29.0. The number of aromatic nitrogens is 3. The molecular weight excluding hydrogens is 610 g/mol. The molecule has 0 radical (unpaired) electrons. The van der Waals surface area contributed by atoms with Crippen molar-refractivity contribution in [1.29, 1.82) is 0 Å². The van der Waals surface area contributed by atoms with Crippen LogP contribution in [-0.4, -0.2) is 57.7 Å². The molecule has 5 aromatic rings. The van der Waals surface area contributed by atoms with Gasteiger partial charge in [-0.05, 0) is 79.6 Å². The summed E-state index contributed by atoms with van der Waals surface area (Å²) in [6.07, 6.45) is 1.06. The van der Waals surface area contributed by atoms with Gasteiger partial charge in [-0.15, -0.1) is 11.3 Å². The normalized spacial score (nSPS) is 14.6. The maximum atomic E-state index is 13.5. The lowest BCUT2D eigenvalue weighted by molar-refractivity contribution is 0.0696. The highest BCUT2D eigenvalue weighted by Crippen LogP contribution is 2.31. The van der Waals surface area contributed by atoms with Crippen LogP contribution in [0.25, 0.3) is 11.0 Å². The molecule has 0 spiro atoms. The number of sulfonamides is 1. The number of carboxylic acid groups (broad SMARTS) is 1. The number of ketones is 1. The smallest absolute Gasteiger partial charge is 0.335 e. The number of para-hydroxylation sites is 1. The molecule has 0 saturated carbocycles. The molecule has 1 fully saturated rings. The molecule has 220 valence electrons. The average molecular weight is 636 g/mol. The quantitative estimate of drug-likeness (QED) is 0.197. The Kier molecular flexibility index (Phi) is 8.01. The maximum Gasteiger partial charge on any atom is 0.335 e. The van der Waals surface area contributed by atoms with E-state index < -0.39 is 16.0 Å². The summed E-state index contributed by atoms with van der Waals surface area (Å²) in [6, 6.07) is 21.8. The zero-order chi connectivity index (χ0) is 30.1. The highest BCUT2D eigenvalue weighted by Gasteiger charge is 2.32. The van der Waals surface area contributed by atoms with Gasteiger partial charge in [0.1, 0.15) is 15.2 Å². The lowest BCUT2D eigenvalue weighted by atomic mass is 10.0. The second-order valence-corrected chi connectivity index (χ2v) is 13.9. The largest absolute Gasteiger partial charge is 0.478 e. The summed E-state index contributed by atoms with van der Waals surface area (Å²) in [4.78, 5) is 26.8. The number of nitrogens with zero attached hydrogens (tertiary/aromatic N) is 4. The van der Waals surface area contributed by atoms with Crippen LogP contribution in [0.5, 0.6) is 0 Å². The molecule has 1 aliphatic rings. The van der Waals surface area contributed by atoms with Crippen molar-refractivity contribution in [3.05, 3.63) is 105 Å². The van der Waals surface area contributed by atoms with E-state index in [4.69, 9.17) is 11.6 Å². The number of aromatic carboxylic acids is 1. The Morgan fingerprint density at radius 1 is 0.930 bits per heavy atom. The van der Waals surface area contributed by atoms with Crippen molar-refractivity contribution in [3.8, 4) is 0 Å². The number of thiophene rings is 1. The van der Waals surface area contributed by atoms with Crippen LogP contribution < -0.4 is 5.32 Å². The third-order valence-corrected chi connectivity index (χ3v) is 11.1. The Morgan fingerprint density at radius 3 is 2.37 bits per heavy atom. The molecule has 13 heteroatoms. The molecule has 10 nitrogen and oxygen atoms in total. The molecule has 2 N–H and O–H groups in total. The summed E-state index contributed by atoms with van der Waals surface area (Å²) in [5.41, 5.74) is 2.92. The number of hydrogen-bond donors (Lipinski definition) is 2. The third-order valence-electron chi connectivity index (χ3n) is 7.36. The topological polar surface area (TPSA) is 134 Å². The van der Waals surface area contributed by atoms with Gasteiger partial charge in [0, 0.05) is 46.3 Å². The first-order valence-electron chi connectivity index (χ1n) is 13.5. The Balaban J connectivity index is 1.09. The molecule has 43 heavy (non-hydrogen) atoms. The highest BCUT2D eigenvalue weighted by molar-refractivity contribution is 7.91. The monoisotopic (exact) mass is 635 g/mol. The maximum absolute atomic E-state index is 13.5. The van der Waals surface area contributed by atoms with E-state index >= 15 is 0 Å². The number of fused-ring (bicyclic) bond motifs is 1. The van der Waals surface area contributed by atoms with Crippen LogP contribution in [0.2, 0.25) is 5.02 Å². The summed E-state index contributed by atoms with van der Waals surface area (Å²) in [5, 5.41) is 22.0. The summed E-state index contributed by atoms with van der Waals surface area (Å²) in [5.74, 6) is -1.17. The zero-order valence-electron chi connectivity index (χ0n) is 22.7. The van der Waals surface area contributed by atoms with Crippen molar-refractivity contribution in [1.82, 2.24) is 19.3 Å². The minimum atomic E-state index is -3.69. The number of halogens is 1. The minimum Gasteiger partial charge on any atom is -0.478 e. The van der Waals surface area contributed by atoms with E-state index in [0.717, 1.165) is 4.88 Å². The number of carbonyl (C=O) groups is 2. The van der Waals surface area contributed by atoms with Gasteiger partial charge in [0.15, 0.2) is 5.78 Å². The number of carbonyl (C=O) groups excluding carboxylic acids is 1. The molecule has 1 saturated heterocycles. The summed E-state index contributed by atoms with van der Waals surface area (Å²) in [6.45, 7) is 0.989. The fraction of sp³-hybridized carbons (Fsp3) is 0.200. The molecule has 3 heterocycles. The van der Waals surface area contributed by atoms with Crippen molar-refractivity contribution < 1.29 is 23.1 Å². The molecule has 1 aliphatic heterocycles. The van der Waals surface area contributed by atoms with Crippen LogP contribution in [0.3, 0.4) is 0 Å². The van der Waals surface area contributed by atoms with Gasteiger partial charge in [-0.2, -0.15) is 19.3 Å². The Morgan fingerprint density at radius 2 is 1.63 bits per heavy atom. The summed E-state index contributed by atoms with van der Waals surface area (Å²) in [7, 11) is -3.69. The SMILES string of the molecule is O=C(O)c1ccc2nn(C3CCN(S(=O)(=O)c4ccc(CNc5ccccc5C(=O)c5ccc(Cl)cc5)s4)CC3)nc2c1. The summed E-state index contributed by atoms with van der Waals surface area (Å²) >= 11 is 7.16. The van der Waals surface area contributed by atoms with E-state index in [2.05, 4.69) is 15.5 Å². The number of anilines is 1. The molecule has 2 aromatic heterocycles. The number of piperidine rings is 1. The van der Waals surface area contributed by atoms with Crippen LogP contribution in [0.4, 0.5) is 5.69 Å². The van der Waals surface area contributed by atoms with Crippen LogP contribution in [0.15, 0.2) is 83.1 Å². The van der Waals surface area contributed by atoms with Gasteiger partial charge >= 0.3 is 5.97 Å². The number of carboxylic acids is 1. The van der Waals surface area contributed by atoms with Gasteiger partial charge in [-0.1, -0.05) is 23.7 Å². The first-order valence-corrected chi connectivity index (χ1v) is 16.1. The van der Waals surface area contributed by atoms with E-state index in [1.807, 2.05) is 12.1 Å². The second-order valence-electron chi connectivity index (χ2n) is 10.1. The summed E-state index contributed by atoms with van der Waals surface area (Å²) < 4.78 is 28.7. The van der Waals surface area contributed by atoms with Crippen LogP contribution in [0, 0.1) is 0 Å². The van der Waals surface area contributed by atoms with Crippen LogP contribution in [0.1, 0.15) is 50.0 Å². The van der Waals surface area contributed by atoms with Crippen molar-refractivity contribution in [3.63, 3.8) is 0 Å². The van der Waals surface area contributed by atoms with Gasteiger partial charge in [0.2, 0.25) is 0 Å². The molecule has 0 bridgehead atoms. The van der Waals surface area contributed by atoms with E-state index in [1.54, 1.807) is 59.4 Å². The van der Waals surface area contributed by atoms with Crippen LogP contribution in [-0.2, 0) is 16.6 Å². The lowest BCUT2D eigenvalue weighted by Gasteiger charge is -2.30. The third kappa shape index (κ3) is 6.04. The predicted molar refractivity (Wildman–Crippen MR) is 164 cm³/mol. The molecule has 0 unspecified atom stereocenters. The number of nitrogens with one attached hydrogen (secondary N) is 1. The number of rotatable bonds is 9. The van der Waals surface area contributed by atoms with E-state index in [0.29, 0.717) is 65.3 Å². The van der Waals surface area contributed by atoms with Gasteiger partial charge < -0.3 is 10.4 Å². The van der Waals surface area contributed by atoms with Gasteiger partial charge in [0.25, 0.3) is 10.0 Å². The fourth-order valence-electron chi connectivity index (χ4n) is 5.03. The van der Waals surface area contributed by atoms with Crippen molar-refractivity contribution in [2.24, 2.45) is 0 Å². The van der Waals surface area contributed by atoms with Crippen molar-refractivity contribution >= 4 is 61.4 Å². The van der Waals surface area contributed by atoms with Crippen molar-refractivity contribution in [2.45, 2.75) is 29.6 Å². The molecule has 6 rings (SSSR count). The van der Waals surface area contributed by atoms with Crippen molar-refractivity contribution in [2.75, 3.05) is 18.4 Å². The van der Waals surface area contributed by atoms with Gasteiger partial charge in [-0.3, -0.25) is 4.79 Å². The van der Waals surface area contributed by atoms with E-state index in [9.17, 15) is 23.1 Å². The zero-order valence-corrected chi connectivity index (χ0v) is 25.1. The highest BCUT2D eigenvalue weighted by atomic mass is 35.5. The molecule has 0 atom stereocenters. The molecule has 0 aliphatic carbocycles. The number of hydrogen-bond acceptors (Lipinski definition) is 8. The van der Waals surface area contributed by atoms with Gasteiger partial charge in [-0.25, -0.2) is 13.2 Å². The molecular formula is C30H26ClN5O5S2. The standard InChI is InChI=1S/C30H26ClN5O5S2/c31-21-8-5-19(6-9-21)29(37)24-3-1-2-4-25(24)32-18-23-10-12-28(42-23)43(40,41)35-15-13-22(14-16-35)36-33-26-11-7-20(30(38)39)17-27(26)34-36/h1-12,17,22,32H,13-16,18H2,(H,38,39). The van der Waals surface area contributed by atoms with E-state index in [1.165, 1.54) is 27.8 Å². The molecule has 3 aromatic carbocycles. The second kappa shape index (κ2) is 11.9. The fourth-order valence-corrected chi connectivity index (χ4v) is 8.08. The van der Waals surface area contributed by atoms with E-state index in [-0.39, 0.29) is 21.6 Å². The number of benzene rings is 3. The Hall–Kier alpha value is -4.10. The Labute approximate surface area is 256 Å². The van der Waals surface area contributed by atoms with Crippen LogP contribution >= 0.6 is 22.9 Å². The first-order chi connectivity index (χ1) is 20.7. The Bertz CT molecular complexity index is 1930.